The summed E-state index contributed by atoms with van der Waals surface area (Å²) in [6.07, 6.45) is 4.81. The Bertz CT molecular complexity index is 1570. The lowest BCUT2D eigenvalue weighted by Crippen LogP contribution is -2.46. The third-order valence-electron chi connectivity index (χ3n) is 6.45. The number of methoxy groups -OCH3 is 1. The Hall–Kier alpha value is -4.45. The van der Waals surface area contributed by atoms with E-state index in [1.165, 1.54) is 0 Å². The van der Waals surface area contributed by atoms with Crippen molar-refractivity contribution in [2.75, 3.05) is 26.0 Å². The third kappa shape index (κ3) is 6.49. The van der Waals surface area contributed by atoms with Crippen molar-refractivity contribution in [1.29, 1.82) is 0 Å². The number of amidine groups is 1. The fourth-order valence-electron chi connectivity index (χ4n) is 4.78. The molecular formula is C29H33N5O6S. The lowest BCUT2D eigenvalue weighted by atomic mass is 9.81. The first-order valence-electron chi connectivity index (χ1n) is 13.1. The summed E-state index contributed by atoms with van der Waals surface area (Å²) < 4.78 is 35.0. The number of nitrogens with two attached hydrogens (primary N) is 1. The van der Waals surface area contributed by atoms with Crippen LogP contribution in [0, 0.1) is 0 Å². The van der Waals surface area contributed by atoms with E-state index in [0.717, 1.165) is 48.0 Å². The highest BCUT2D eigenvalue weighted by atomic mass is 32.2. The maximum Gasteiger partial charge on any atom is 0.309 e. The number of carboxylic acids is 1. The number of aliphatic imine (C=N–C) groups is 2. The molecule has 3 heterocycles. The quantitative estimate of drug-likeness (QED) is 0.380. The largest absolute Gasteiger partial charge is 0.495 e. The lowest BCUT2D eigenvalue weighted by Gasteiger charge is -2.33. The molecule has 0 saturated carbocycles. The molecule has 3 aromatic rings. The first kappa shape index (κ1) is 29.5. The molecule has 0 aliphatic carbocycles. The van der Waals surface area contributed by atoms with Gasteiger partial charge in [-0.1, -0.05) is 37.3 Å². The van der Waals surface area contributed by atoms with Crippen molar-refractivity contribution < 1.29 is 27.2 Å². The van der Waals surface area contributed by atoms with Crippen LogP contribution in [0.3, 0.4) is 0 Å². The smallest absolute Gasteiger partial charge is 0.309 e. The molecule has 0 bridgehead atoms. The predicted molar refractivity (Wildman–Crippen MR) is 157 cm³/mol. The normalized spacial score (nSPS) is 17.9. The average Bonchev–Trinajstić information content (AvgIpc) is 3.26. The molecule has 2 aliphatic heterocycles. The van der Waals surface area contributed by atoms with Crippen molar-refractivity contribution in [3.05, 3.63) is 78.1 Å². The van der Waals surface area contributed by atoms with E-state index in [9.17, 15) is 8.42 Å². The maximum atomic E-state index is 12.2. The monoisotopic (exact) mass is 579 g/mol. The Morgan fingerprint density at radius 3 is 2.49 bits per heavy atom. The highest BCUT2D eigenvalue weighted by Gasteiger charge is 2.49. The zero-order valence-electron chi connectivity index (χ0n) is 23.1. The zero-order valence-corrected chi connectivity index (χ0v) is 24.0. The van der Waals surface area contributed by atoms with Crippen molar-refractivity contribution in [2.24, 2.45) is 15.7 Å². The summed E-state index contributed by atoms with van der Waals surface area (Å²) >= 11 is 0. The van der Waals surface area contributed by atoms with Crippen molar-refractivity contribution in [2.45, 2.75) is 32.2 Å². The van der Waals surface area contributed by atoms with E-state index in [4.69, 9.17) is 34.5 Å². The van der Waals surface area contributed by atoms with Crippen LogP contribution >= 0.6 is 0 Å². The highest BCUT2D eigenvalue weighted by Crippen LogP contribution is 2.43. The lowest BCUT2D eigenvalue weighted by molar-refractivity contribution is -0.134. The fraction of sp³-hybridized carbons (Fsp3) is 0.310. The van der Waals surface area contributed by atoms with Crippen LogP contribution in [-0.4, -0.2) is 67.1 Å². The summed E-state index contributed by atoms with van der Waals surface area (Å²) in [5, 5.41) is 7.42. The van der Waals surface area contributed by atoms with E-state index >= 15 is 0 Å². The van der Waals surface area contributed by atoms with Gasteiger partial charge in [-0.2, -0.15) is 8.42 Å². The molecule has 0 fully saturated rings. The number of ether oxygens (including phenoxy) is 1. The van der Waals surface area contributed by atoms with Crippen LogP contribution in [0.1, 0.15) is 37.8 Å². The molecule has 2 aromatic carbocycles. The van der Waals surface area contributed by atoms with Gasteiger partial charge in [0.05, 0.1) is 19.1 Å². The van der Waals surface area contributed by atoms with Gasteiger partial charge in [-0.05, 0) is 53.8 Å². The number of aromatic nitrogens is 1. The number of aliphatic carboxylic acids is 1. The molecule has 0 saturated heterocycles. The van der Waals surface area contributed by atoms with Gasteiger partial charge in [-0.25, -0.2) is 4.99 Å². The first-order valence-corrected chi connectivity index (χ1v) is 14.7. The Kier molecular flexibility index (Phi) is 8.92. The van der Waals surface area contributed by atoms with Crippen molar-refractivity contribution in [1.82, 2.24) is 9.88 Å². The van der Waals surface area contributed by atoms with Gasteiger partial charge in [0.2, 0.25) is 0 Å². The SMILES string of the molecule is CC(=O)O.CCCS(=O)(=O)Oc1ccc(C2(c3cccc(-c4cncc(OC)c4)c3)N=C(N)N3CCCN=C32)cc1. The molecule has 1 unspecified atom stereocenters. The second kappa shape index (κ2) is 12.4. The number of guanidine groups is 1. The average molecular weight is 580 g/mol. The maximum absolute atomic E-state index is 12.2. The van der Waals surface area contributed by atoms with E-state index in [-0.39, 0.29) is 11.5 Å². The Balaban J connectivity index is 0.000000909. The van der Waals surface area contributed by atoms with Crippen LogP contribution in [0.5, 0.6) is 11.5 Å². The van der Waals surface area contributed by atoms with Crippen molar-refractivity contribution in [3.8, 4) is 22.6 Å². The summed E-state index contributed by atoms with van der Waals surface area (Å²) in [4.78, 5) is 25.1. The van der Waals surface area contributed by atoms with Crippen LogP contribution in [0.2, 0.25) is 0 Å². The molecule has 216 valence electrons. The van der Waals surface area contributed by atoms with Gasteiger partial charge < -0.3 is 19.8 Å². The van der Waals surface area contributed by atoms with E-state index in [0.29, 0.717) is 24.7 Å². The Labute approximate surface area is 239 Å². The van der Waals surface area contributed by atoms with Crippen molar-refractivity contribution >= 4 is 27.9 Å². The number of hydrogen-bond acceptors (Lipinski definition) is 10. The van der Waals surface area contributed by atoms with Crippen LogP contribution in [-0.2, 0) is 20.5 Å². The molecule has 12 heteroatoms. The van der Waals surface area contributed by atoms with Crippen molar-refractivity contribution in [3.63, 3.8) is 0 Å². The number of hydrogen-bond donors (Lipinski definition) is 2. The van der Waals surface area contributed by atoms with E-state index in [2.05, 4.69) is 11.1 Å². The van der Waals surface area contributed by atoms with E-state index in [1.807, 2.05) is 41.3 Å². The second-order valence-corrected chi connectivity index (χ2v) is 11.2. The summed E-state index contributed by atoms with van der Waals surface area (Å²) in [5.74, 6) is 1.19. The predicted octanol–water partition coefficient (Wildman–Crippen LogP) is 3.64. The van der Waals surface area contributed by atoms with Gasteiger partial charge >= 0.3 is 10.1 Å². The molecule has 3 N–H and O–H groups in total. The molecule has 2 aliphatic rings. The molecule has 11 nitrogen and oxygen atoms in total. The third-order valence-corrected chi connectivity index (χ3v) is 7.81. The van der Waals surface area contributed by atoms with Gasteiger partial charge in [0.25, 0.3) is 5.97 Å². The molecule has 0 amide bonds. The van der Waals surface area contributed by atoms with Gasteiger partial charge in [0.1, 0.15) is 17.3 Å². The molecule has 41 heavy (non-hydrogen) atoms. The minimum Gasteiger partial charge on any atom is -0.495 e. The van der Waals surface area contributed by atoms with Crippen LogP contribution < -0.4 is 14.7 Å². The Morgan fingerprint density at radius 2 is 1.80 bits per heavy atom. The minimum absolute atomic E-state index is 0.0444. The molecule has 1 aromatic heterocycles. The summed E-state index contributed by atoms with van der Waals surface area (Å²) in [5.41, 5.74) is 8.98. The van der Waals surface area contributed by atoms with Gasteiger partial charge in [0.15, 0.2) is 11.5 Å². The molecule has 1 atom stereocenters. The summed E-state index contributed by atoms with van der Waals surface area (Å²) in [6.45, 7) is 4.28. The molecular weight excluding hydrogens is 546 g/mol. The van der Waals surface area contributed by atoms with Crippen LogP contribution in [0.25, 0.3) is 11.1 Å². The first-order chi connectivity index (χ1) is 19.6. The molecule has 5 rings (SSSR count). The molecule has 0 radical (unpaired) electrons. The number of carbonyl (C=O) groups is 1. The zero-order chi connectivity index (χ0) is 29.6. The topological polar surface area (TPSA) is 157 Å². The minimum atomic E-state index is -3.65. The van der Waals surface area contributed by atoms with Crippen LogP contribution in [0.4, 0.5) is 0 Å². The number of rotatable bonds is 8. The summed E-state index contributed by atoms with van der Waals surface area (Å²) in [7, 11) is -2.04. The van der Waals surface area contributed by atoms with Crippen LogP contribution in [0.15, 0.2) is 77.0 Å². The van der Waals surface area contributed by atoms with Gasteiger partial charge in [-0.15, -0.1) is 0 Å². The number of pyridine rings is 1. The second-order valence-electron chi connectivity index (χ2n) is 9.47. The van der Waals surface area contributed by atoms with Gasteiger partial charge in [-0.3, -0.25) is 19.7 Å². The highest BCUT2D eigenvalue weighted by molar-refractivity contribution is 7.87. The number of carboxylic acid groups (broad SMARTS) is 1. The van der Waals surface area contributed by atoms with Gasteiger partial charge in [0, 0.05) is 31.8 Å². The fourth-order valence-corrected chi connectivity index (χ4v) is 5.76. The Morgan fingerprint density at radius 1 is 1.07 bits per heavy atom. The van der Waals surface area contributed by atoms with E-state index < -0.39 is 21.6 Å². The molecule has 0 spiro atoms. The standard InChI is InChI=1S/C27H29N5O4S.C2H4O2/c1-3-14-37(33,34)36-23-10-8-21(9-11-23)27(25-30-12-5-13-32(25)26(28)31-27)22-7-4-6-19(15-22)20-16-24(35-2)18-29-17-20;1-2(3)4/h4,6-11,15-18H,3,5,12-14H2,1-2H3,(H2,28,31);1H3,(H,3,4). The number of fused-ring (bicyclic) bond motifs is 1. The number of benzene rings is 2. The summed E-state index contributed by atoms with van der Waals surface area (Å²) in [6, 6.07) is 16.9. The van der Waals surface area contributed by atoms with E-state index in [1.54, 1.807) is 38.6 Å². The number of nitrogens with zero attached hydrogens (tertiary/aromatic N) is 4.